The third kappa shape index (κ3) is 4.50. The van der Waals surface area contributed by atoms with E-state index < -0.39 is 18.0 Å². The van der Waals surface area contributed by atoms with E-state index in [1.165, 1.54) is 0 Å². The molecule has 2 heterocycles. The molecule has 1 aromatic carbocycles. The Morgan fingerprint density at radius 2 is 2.00 bits per heavy atom. The molecular formula is C18H21ClF3N3O2. The fourth-order valence-electron chi connectivity index (χ4n) is 3.43. The van der Waals surface area contributed by atoms with E-state index in [1.54, 1.807) is 13.2 Å². The molecule has 0 spiro atoms. The molecule has 1 aromatic heterocycles. The second kappa shape index (κ2) is 7.98. The van der Waals surface area contributed by atoms with Gasteiger partial charge in [0, 0.05) is 31.0 Å². The first-order valence-electron chi connectivity index (χ1n) is 8.65. The second-order valence-corrected chi connectivity index (χ2v) is 7.01. The van der Waals surface area contributed by atoms with Gasteiger partial charge in [0.1, 0.15) is 11.4 Å². The van der Waals surface area contributed by atoms with Crippen molar-refractivity contribution in [3.05, 3.63) is 41.2 Å². The van der Waals surface area contributed by atoms with Crippen molar-refractivity contribution in [1.82, 2.24) is 9.78 Å². The maximum Gasteiger partial charge on any atom is 0.433 e. The first-order chi connectivity index (χ1) is 12.8. The molecule has 0 aliphatic carbocycles. The Kier molecular flexibility index (Phi) is 5.86. The summed E-state index contributed by atoms with van der Waals surface area (Å²) in [6.07, 6.45) is -2.91. The van der Waals surface area contributed by atoms with Gasteiger partial charge in [-0.05, 0) is 37.0 Å². The number of aliphatic hydroxyl groups is 1. The highest BCUT2D eigenvalue weighted by molar-refractivity contribution is 6.32. The lowest BCUT2D eigenvalue weighted by Gasteiger charge is -2.36. The number of ether oxygens (including phenoxy) is 1. The van der Waals surface area contributed by atoms with Crippen LogP contribution >= 0.6 is 11.6 Å². The largest absolute Gasteiger partial charge is 0.495 e. The van der Waals surface area contributed by atoms with Crippen molar-refractivity contribution >= 4 is 17.3 Å². The van der Waals surface area contributed by atoms with Crippen LogP contribution in [0.3, 0.4) is 0 Å². The van der Waals surface area contributed by atoms with Gasteiger partial charge in [-0.2, -0.15) is 18.3 Å². The molecule has 0 radical (unpaired) electrons. The molecule has 3 rings (SSSR count). The number of halogens is 4. The van der Waals surface area contributed by atoms with Gasteiger partial charge in [0.25, 0.3) is 0 Å². The maximum absolute atomic E-state index is 12.9. The summed E-state index contributed by atoms with van der Waals surface area (Å²) in [6.45, 7) is 1.22. The van der Waals surface area contributed by atoms with Gasteiger partial charge in [-0.3, -0.25) is 4.68 Å². The van der Waals surface area contributed by atoms with Crippen molar-refractivity contribution in [3.8, 4) is 5.75 Å². The van der Waals surface area contributed by atoms with Gasteiger partial charge in [-0.1, -0.05) is 11.6 Å². The van der Waals surface area contributed by atoms with Crippen LogP contribution in [-0.2, 0) is 12.7 Å². The van der Waals surface area contributed by atoms with Gasteiger partial charge >= 0.3 is 6.18 Å². The molecule has 27 heavy (non-hydrogen) atoms. The number of hydrogen-bond donors (Lipinski definition) is 1. The predicted molar refractivity (Wildman–Crippen MR) is 96.2 cm³/mol. The van der Waals surface area contributed by atoms with Crippen LogP contribution in [0.25, 0.3) is 0 Å². The fourth-order valence-corrected chi connectivity index (χ4v) is 3.63. The number of anilines is 1. The first kappa shape index (κ1) is 19.8. The van der Waals surface area contributed by atoms with E-state index in [9.17, 15) is 18.3 Å². The van der Waals surface area contributed by atoms with E-state index in [-0.39, 0.29) is 12.5 Å². The standard InChI is InChI=1S/C18H21ClF3N3O2/c1-27-16-10-13(2-3-14(16)19)24-8-5-12(6-9-24)15(26)11-25-17(4-7-23-25)18(20,21)22/h2-4,7,10,12,15,26H,5-6,8-9,11H2,1H3. The molecule has 9 heteroatoms. The Labute approximate surface area is 160 Å². The van der Waals surface area contributed by atoms with Gasteiger partial charge in [-0.25, -0.2) is 0 Å². The number of hydrogen-bond acceptors (Lipinski definition) is 4. The predicted octanol–water partition coefficient (Wildman–Crippen LogP) is 3.84. The van der Waals surface area contributed by atoms with Gasteiger partial charge < -0.3 is 14.7 Å². The summed E-state index contributed by atoms with van der Waals surface area (Å²) in [4.78, 5) is 2.15. The van der Waals surface area contributed by atoms with Gasteiger partial charge in [0.15, 0.2) is 0 Å². The van der Waals surface area contributed by atoms with Gasteiger partial charge in [0.2, 0.25) is 0 Å². The molecule has 5 nitrogen and oxygen atoms in total. The molecule has 0 amide bonds. The number of rotatable bonds is 5. The van der Waals surface area contributed by atoms with Gasteiger partial charge in [-0.15, -0.1) is 0 Å². The number of aromatic nitrogens is 2. The Balaban J connectivity index is 1.60. The SMILES string of the molecule is COc1cc(N2CCC(C(O)Cn3nccc3C(F)(F)F)CC2)ccc1Cl. The summed E-state index contributed by atoms with van der Waals surface area (Å²) in [5.74, 6) is 0.510. The van der Waals surface area contributed by atoms with E-state index in [2.05, 4.69) is 10.00 Å². The quantitative estimate of drug-likeness (QED) is 0.824. The van der Waals surface area contributed by atoms with Crippen molar-refractivity contribution in [2.45, 2.75) is 31.7 Å². The zero-order valence-electron chi connectivity index (χ0n) is 14.8. The second-order valence-electron chi connectivity index (χ2n) is 6.61. The molecule has 1 aliphatic rings. The Morgan fingerprint density at radius 1 is 1.30 bits per heavy atom. The molecule has 2 aromatic rings. The van der Waals surface area contributed by atoms with Crippen LogP contribution < -0.4 is 9.64 Å². The van der Waals surface area contributed by atoms with E-state index >= 15 is 0 Å². The van der Waals surface area contributed by atoms with Crippen LogP contribution in [0.1, 0.15) is 18.5 Å². The summed E-state index contributed by atoms with van der Waals surface area (Å²) in [6, 6.07) is 6.45. The summed E-state index contributed by atoms with van der Waals surface area (Å²) in [5, 5.41) is 14.7. The van der Waals surface area contributed by atoms with E-state index in [4.69, 9.17) is 16.3 Å². The lowest BCUT2D eigenvalue weighted by Crippen LogP contribution is -2.39. The van der Waals surface area contributed by atoms with Crippen LogP contribution in [0.4, 0.5) is 18.9 Å². The van der Waals surface area contributed by atoms with Gasteiger partial charge in [0.05, 0.1) is 24.8 Å². The van der Waals surface area contributed by atoms with Crippen molar-refractivity contribution in [1.29, 1.82) is 0 Å². The van der Waals surface area contributed by atoms with Crippen LogP contribution in [-0.4, -0.2) is 41.2 Å². The zero-order chi connectivity index (χ0) is 19.6. The lowest BCUT2D eigenvalue weighted by molar-refractivity contribution is -0.145. The zero-order valence-corrected chi connectivity index (χ0v) is 15.5. The minimum absolute atomic E-state index is 0.0827. The molecule has 1 atom stereocenters. The highest BCUT2D eigenvalue weighted by Crippen LogP contribution is 2.33. The molecule has 1 unspecified atom stereocenters. The molecular weight excluding hydrogens is 383 g/mol. The normalized spacial score (nSPS) is 17.2. The number of alkyl halides is 3. The van der Waals surface area contributed by atoms with Crippen molar-refractivity contribution in [3.63, 3.8) is 0 Å². The number of methoxy groups -OCH3 is 1. The summed E-state index contributed by atoms with van der Waals surface area (Å²) in [5.41, 5.74) is 0.128. The molecule has 1 fully saturated rings. The number of benzene rings is 1. The number of piperidine rings is 1. The molecule has 1 aliphatic heterocycles. The third-order valence-corrected chi connectivity index (χ3v) is 5.26. The van der Waals surface area contributed by atoms with Crippen LogP contribution in [0.2, 0.25) is 5.02 Å². The highest BCUT2D eigenvalue weighted by Gasteiger charge is 2.36. The summed E-state index contributed by atoms with van der Waals surface area (Å²) >= 11 is 6.05. The molecule has 0 bridgehead atoms. The average Bonchev–Trinajstić information content (AvgIpc) is 3.11. The third-order valence-electron chi connectivity index (χ3n) is 4.95. The number of nitrogens with zero attached hydrogens (tertiary/aromatic N) is 3. The Morgan fingerprint density at radius 3 is 2.63 bits per heavy atom. The maximum atomic E-state index is 12.9. The van der Waals surface area contributed by atoms with E-state index in [0.717, 1.165) is 22.6 Å². The van der Waals surface area contributed by atoms with Crippen molar-refractivity contribution in [2.24, 2.45) is 5.92 Å². The molecule has 1 N–H and O–H groups in total. The van der Waals surface area contributed by atoms with E-state index in [1.807, 2.05) is 12.1 Å². The first-order valence-corrected chi connectivity index (χ1v) is 9.03. The molecule has 148 valence electrons. The van der Waals surface area contributed by atoms with Crippen LogP contribution in [0.5, 0.6) is 5.75 Å². The number of aliphatic hydroxyl groups excluding tert-OH is 1. The Hall–Kier alpha value is -1.93. The summed E-state index contributed by atoms with van der Waals surface area (Å²) in [7, 11) is 1.55. The molecule has 0 saturated carbocycles. The monoisotopic (exact) mass is 403 g/mol. The van der Waals surface area contributed by atoms with Crippen LogP contribution in [0.15, 0.2) is 30.5 Å². The Bertz CT molecular complexity index is 773. The lowest BCUT2D eigenvalue weighted by atomic mass is 9.91. The van der Waals surface area contributed by atoms with Crippen LogP contribution in [0, 0.1) is 5.92 Å². The van der Waals surface area contributed by atoms with Crippen molar-refractivity contribution in [2.75, 3.05) is 25.1 Å². The average molecular weight is 404 g/mol. The smallest absolute Gasteiger partial charge is 0.433 e. The fraction of sp³-hybridized carbons (Fsp3) is 0.500. The highest BCUT2D eigenvalue weighted by atomic mass is 35.5. The van der Waals surface area contributed by atoms with Crippen molar-refractivity contribution < 1.29 is 23.0 Å². The van der Waals surface area contributed by atoms with E-state index in [0.29, 0.717) is 36.7 Å². The minimum atomic E-state index is -4.48. The minimum Gasteiger partial charge on any atom is -0.495 e. The molecule has 1 saturated heterocycles. The topological polar surface area (TPSA) is 50.5 Å². The summed E-state index contributed by atoms with van der Waals surface area (Å²) < 4.78 is 44.9.